The van der Waals surface area contributed by atoms with Crippen LogP contribution in [0.1, 0.15) is 29.5 Å². The number of hydrogen-bond acceptors (Lipinski definition) is 1. The van der Waals surface area contributed by atoms with Crippen LogP contribution in [0.15, 0.2) is 12.1 Å². The molecule has 1 aromatic carbocycles. The third-order valence-electron chi connectivity index (χ3n) is 2.83. The SMILES string of the molecule is FC(F)(F)c1cc([C]2CCCO2)cc(C(F)(F)F)c1Cl. The molecule has 0 bridgehead atoms. The minimum absolute atomic E-state index is 0.123. The van der Waals surface area contributed by atoms with E-state index >= 15 is 0 Å². The van der Waals surface area contributed by atoms with Crippen LogP contribution in [0.4, 0.5) is 26.3 Å². The monoisotopic (exact) mass is 317 g/mol. The molecule has 2 rings (SSSR count). The minimum atomic E-state index is -4.97. The van der Waals surface area contributed by atoms with Crippen LogP contribution >= 0.6 is 11.6 Å². The number of alkyl halides is 6. The molecule has 1 heterocycles. The van der Waals surface area contributed by atoms with Gasteiger partial charge in [0.05, 0.1) is 16.1 Å². The molecule has 111 valence electrons. The van der Waals surface area contributed by atoms with Crippen LogP contribution in [0.25, 0.3) is 0 Å². The van der Waals surface area contributed by atoms with Crippen LogP contribution in [0.3, 0.4) is 0 Å². The lowest BCUT2D eigenvalue weighted by molar-refractivity contribution is -0.142. The molecular weight excluding hydrogens is 310 g/mol. The summed E-state index contributed by atoms with van der Waals surface area (Å²) in [4.78, 5) is 0. The van der Waals surface area contributed by atoms with Crippen molar-refractivity contribution in [2.24, 2.45) is 0 Å². The molecule has 0 atom stereocenters. The highest BCUT2D eigenvalue weighted by molar-refractivity contribution is 6.32. The zero-order valence-electron chi connectivity index (χ0n) is 9.83. The first-order chi connectivity index (χ1) is 9.10. The van der Waals surface area contributed by atoms with Gasteiger partial charge in [-0.05, 0) is 30.5 Å². The number of hydrogen-bond donors (Lipinski definition) is 0. The van der Waals surface area contributed by atoms with E-state index in [1.54, 1.807) is 0 Å². The molecule has 1 aromatic rings. The maximum Gasteiger partial charge on any atom is 0.417 e. The zero-order valence-corrected chi connectivity index (χ0v) is 10.6. The van der Waals surface area contributed by atoms with Gasteiger partial charge in [0.2, 0.25) is 0 Å². The smallest absolute Gasteiger partial charge is 0.367 e. The first kappa shape index (κ1) is 15.4. The van der Waals surface area contributed by atoms with E-state index in [2.05, 4.69) is 0 Å². The molecule has 0 saturated carbocycles. The first-order valence-electron chi connectivity index (χ1n) is 5.57. The molecule has 1 aliphatic rings. The van der Waals surface area contributed by atoms with Crippen LogP contribution < -0.4 is 0 Å². The van der Waals surface area contributed by atoms with E-state index in [4.69, 9.17) is 16.3 Å². The van der Waals surface area contributed by atoms with Crippen LogP contribution in [-0.2, 0) is 17.1 Å². The maximum absolute atomic E-state index is 12.8. The average Bonchev–Trinajstić information content (AvgIpc) is 2.79. The summed E-state index contributed by atoms with van der Waals surface area (Å²) in [5.41, 5.74) is -3.24. The summed E-state index contributed by atoms with van der Waals surface area (Å²) in [7, 11) is 0. The van der Waals surface area contributed by atoms with Gasteiger partial charge >= 0.3 is 12.4 Å². The van der Waals surface area contributed by atoms with Crippen molar-refractivity contribution >= 4 is 11.6 Å². The molecule has 20 heavy (non-hydrogen) atoms. The highest BCUT2D eigenvalue weighted by Crippen LogP contribution is 2.44. The Balaban J connectivity index is 2.60. The van der Waals surface area contributed by atoms with Gasteiger partial charge in [-0.15, -0.1) is 0 Å². The van der Waals surface area contributed by atoms with Gasteiger partial charge in [0.25, 0.3) is 0 Å². The number of halogens is 7. The van der Waals surface area contributed by atoms with Gasteiger partial charge in [0, 0.05) is 6.61 Å². The Morgan fingerprint density at radius 1 is 0.950 bits per heavy atom. The summed E-state index contributed by atoms with van der Waals surface area (Å²) in [6.07, 6.45) is -8.95. The largest absolute Gasteiger partial charge is 0.417 e. The van der Waals surface area contributed by atoms with Gasteiger partial charge in [-0.1, -0.05) is 11.6 Å². The predicted octanol–water partition coefficient (Wildman–Crippen LogP) is 5.07. The molecule has 0 amide bonds. The summed E-state index contributed by atoms with van der Waals surface area (Å²) in [6, 6.07) is 1.19. The molecule has 1 fully saturated rings. The number of rotatable bonds is 1. The summed E-state index contributed by atoms with van der Waals surface area (Å²) in [5, 5.41) is -1.34. The molecular formula is C12H8ClF6O. The van der Waals surface area contributed by atoms with Crippen molar-refractivity contribution in [2.75, 3.05) is 6.61 Å². The van der Waals surface area contributed by atoms with E-state index < -0.39 is 28.5 Å². The van der Waals surface area contributed by atoms with E-state index in [0.717, 1.165) is 0 Å². The second-order valence-corrected chi connectivity index (χ2v) is 4.63. The topological polar surface area (TPSA) is 9.23 Å². The predicted molar refractivity (Wildman–Crippen MR) is 59.0 cm³/mol. The highest BCUT2D eigenvalue weighted by Gasteiger charge is 2.41. The van der Waals surface area contributed by atoms with E-state index in [-0.39, 0.29) is 18.3 Å². The fraction of sp³-hybridized carbons (Fsp3) is 0.417. The molecule has 8 heteroatoms. The normalized spacial score (nSPS) is 17.8. The lowest BCUT2D eigenvalue weighted by atomic mass is 9.99. The van der Waals surface area contributed by atoms with E-state index in [9.17, 15) is 26.3 Å². The van der Waals surface area contributed by atoms with Crippen molar-refractivity contribution in [3.05, 3.63) is 39.9 Å². The molecule has 0 aliphatic carbocycles. The molecule has 1 aliphatic heterocycles. The zero-order chi connectivity index (χ0) is 15.1. The van der Waals surface area contributed by atoms with Crippen LogP contribution in [0, 0.1) is 6.10 Å². The lowest BCUT2D eigenvalue weighted by Gasteiger charge is -2.18. The van der Waals surface area contributed by atoms with Gasteiger partial charge in [0.15, 0.2) is 0 Å². The fourth-order valence-corrected chi connectivity index (χ4v) is 2.25. The highest BCUT2D eigenvalue weighted by atomic mass is 35.5. The average molecular weight is 318 g/mol. The third kappa shape index (κ3) is 3.03. The van der Waals surface area contributed by atoms with Gasteiger partial charge < -0.3 is 4.74 Å². The van der Waals surface area contributed by atoms with Gasteiger partial charge in [-0.2, -0.15) is 26.3 Å². The Kier molecular flexibility index (Phi) is 3.94. The molecule has 0 unspecified atom stereocenters. The molecule has 0 spiro atoms. The Morgan fingerprint density at radius 3 is 1.80 bits per heavy atom. The van der Waals surface area contributed by atoms with Crippen LogP contribution in [-0.4, -0.2) is 6.61 Å². The maximum atomic E-state index is 12.8. The Labute approximate surface area is 115 Å². The van der Waals surface area contributed by atoms with Gasteiger partial charge in [-0.3, -0.25) is 0 Å². The summed E-state index contributed by atoms with van der Waals surface area (Å²) < 4.78 is 81.7. The van der Waals surface area contributed by atoms with Crippen molar-refractivity contribution < 1.29 is 31.1 Å². The van der Waals surface area contributed by atoms with Crippen molar-refractivity contribution in [1.82, 2.24) is 0 Å². The standard InChI is InChI=1S/C12H8ClF6O/c13-10-7(11(14,15)16)4-6(9-2-1-3-20-9)5-8(10)12(17,18)19/h4-5H,1-3H2. The molecule has 1 saturated heterocycles. The fourth-order valence-electron chi connectivity index (χ4n) is 1.93. The van der Waals surface area contributed by atoms with Crippen LogP contribution in [0.5, 0.6) is 0 Å². The van der Waals surface area contributed by atoms with Crippen molar-refractivity contribution in [1.29, 1.82) is 0 Å². The molecule has 0 aromatic heterocycles. The second kappa shape index (κ2) is 5.11. The van der Waals surface area contributed by atoms with Gasteiger partial charge in [-0.25, -0.2) is 0 Å². The van der Waals surface area contributed by atoms with Crippen molar-refractivity contribution in [2.45, 2.75) is 25.2 Å². The second-order valence-electron chi connectivity index (χ2n) is 4.26. The number of benzene rings is 1. The molecule has 1 radical (unpaired) electrons. The van der Waals surface area contributed by atoms with E-state index in [0.29, 0.717) is 25.0 Å². The molecule has 0 N–H and O–H groups in total. The molecule has 1 nitrogen and oxygen atoms in total. The van der Waals surface area contributed by atoms with Crippen LogP contribution in [0.2, 0.25) is 5.02 Å². The summed E-state index contributed by atoms with van der Waals surface area (Å²) in [5.74, 6) is 0. The summed E-state index contributed by atoms with van der Waals surface area (Å²) >= 11 is 5.27. The minimum Gasteiger partial charge on any atom is -0.367 e. The van der Waals surface area contributed by atoms with Gasteiger partial charge in [0.1, 0.15) is 6.10 Å². The van der Waals surface area contributed by atoms with E-state index in [1.807, 2.05) is 0 Å². The quantitative estimate of drug-likeness (QED) is 0.657. The Bertz CT molecular complexity index is 467. The summed E-state index contributed by atoms with van der Waals surface area (Å²) in [6.45, 7) is 0.278. The van der Waals surface area contributed by atoms with E-state index in [1.165, 1.54) is 0 Å². The third-order valence-corrected chi connectivity index (χ3v) is 3.24. The van der Waals surface area contributed by atoms with Crippen molar-refractivity contribution in [3.63, 3.8) is 0 Å². The first-order valence-corrected chi connectivity index (χ1v) is 5.95. The number of ether oxygens (including phenoxy) is 1. The Hall–Kier alpha value is -0.950. The Morgan fingerprint density at radius 2 is 1.45 bits per heavy atom. The lowest BCUT2D eigenvalue weighted by Crippen LogP contribution is -2.14. The van der Waals surface area contributed by atoms with Crippen molar-refractivity contribution in [3.8, 4) is 0 Å².